The number of hydrazone groups is 1. The van der Waals surface area contributed by atoms with E-state index < -0.39 is 0 Å². The van der Waals surface area contributed by atoms with Crippen molar-refractivity contribution in [3.8, 4) is 5.75 Å². The molecule has 1 amide bonds. The van der Waals surface area contributed by atoms with E-state index in [2.05, 4.69) is 22.4 Å². The minimum Gasteiger partial charge on any atom is -0.493 e. The molecular weight excluding hydrogens is 302 g/mol. The smallest absolute Gasteiger partial charge is 0.272 e. The summed E-state index contributed by atoms with van der Waals surface area (Å²) in [6, 6.07) is 11.0. The predicted octanol–water partition coefficient (Wildman–Crippen LogP) is 3.80. The van der Waals surface area contributed by atoms with E-state index in [-0.39, 0.29) is 5.91 Å². The molecule has 0 atom stereocenters. The fourth-order valence-corrected chi connectivity index (χ4v) is 2.15. The standard InChI is InChI=1S/C19H23N3O2/c1-2-3-4-7-13-24-18-11-6-5-9-16(18)15-21-22-19(23)17-10-8-12-20-14-17/h5-6,8-12,14-15H,2-4,7,13H2,1H3,(H,22,23). The van der Waals surface area contributed by atoms with Gasteiger partial charge < -0.3 is 4.74 Å². The maximum atomic E-state index is 11.9. The van der Waals surface area contributed by atoms with Crippen LogP contribution in [-0.2, 0) is 0 Å². The van der Waals surface area contributed by atoms with Crippen LogP contribution in [0.25, 0.3) is 0 Å². The fraction of sp³-hybridized carbons (Fsp3) is 0.316. The minimum atomic E-state index is -0.294. The van der Waals surface area contributed by atoms with Crippen molar-refractivity contribution in [3.05, 3.63) is 59.9 Å². The third-order valence-corrected chi connectivity index (χ3v) is 3.47. The maximum absolute atomic E-state index is 11.9. The first-order valence-corrected chi connectivity index (χ1v) is 8.26. The lowest BCUT2D eigenvalue weighted by Gasteiger charge is -2.08. The highest BCUT2D eigenvalue weighted by Gasteiger charge is 2.04. The molecular formula is C19H23N3O2. The van der Waals surface area contributed by atoms with E-state index in [1.807, 2.05) is 24.3 Å². The first kappa shape index (κ1) is 17.7. The van der Waals surface area contributed by atoms with Crippen molar-refractivity contribution in [2.45, 2.75) is 32.6 Å². The number of benzene rings is 1. The van der Waals surface area contributed by atoms with E-state index in [9.17, 15) is 4.79 Å². The molecule has 2 rings (SSSR count). The van der Waals surface area contributed by atoms with Gasteiger partial charge >= 0.3 is 0 Å². The van der Waals surface area contributed by atoms with Crippen LogP contribution in [0, 0.1) is 0 Å². The molecule has 0 fully saturated rings. The van der Waals surface area contributed by atoms with Crippen LogP contribution in [0.1, 0.15) is 48.5 Å². The van der Waals surface area contributed by atoms with Gasteiger partial charge in [-0.25, -0.2) is 5.43 Å². The van der Waals surface area contributed by atoms with E-state index in [1.54, 1.807) is 24.5 Å². The van der Waals surface area contributed by atoms with Crippen LogP contribution in [0.15, 0.2) is 53.9 Å². The van der Waals surface area contributed by atoms with Crippen LogP contribution in [0.3, 0.4) is 0 Å². The van der Waals surface area contributed by atoms with Crippen molar-refractivity contribution in [1.82, 2.24) is 10.4 Å². The normalized spacial score (nSPS) is 10.7. The Balaban J connectivity index is 1.88. The predicted molar refractivity (Wildman–Crippen MR) is 95.4 cm³/mol. The zero-order valence-corrected chi connectivity index (χ0v) is 13.9. The number of nitrogens with one attached hydrogen (secondary N) is 1. The molecule has 1 aromatic carbocycles. The Hall–Kier alpha value is -2.69. The van der Waals surface area contributed by atoms with E-state index in [1.165, 1.54) is 25.5 Å². The van der Waals surface area contributed by atoms with Crippen LogP contribution in [0.4, 0.5) is 0 Å². The molecule has 0 aliphatic heterocycles. The summed E-state index contributed by atoms with van der Waals surface area (Å²) >= 11 is 0. The number of unbranched alkanes of at least 4 members (excludes halogenated alkanes) is 3. The first-order chi connectivity index (χ1) is 11.8. The lowest BCUT2D eigenvalue weighted by Crippen LogP contribution is -2.17. The number of aromatic nitrogens is 1. The van der Waals surface area contributed by atoms with Gasteiger partial charge in [0, 0.05) is 18.0 Å². The Labute approximate surface area is 142 Å². The monoisotopic (exact) mass is 325 g/mol. The van der Waals surface area contributed by atoms with Gasteiger partial charge in [0.2, 0.25) is 0 Å². The summed E-state index contributed by atoms with van der Waals surface area (Å²) in [4.78, 5) is 15.8. The van der Waals surface area contributed by atoms with Crippen molar-refractivity contribution < 1.29 is 9.53 Å². The Kier molecular flexibility index (Phi) is 7.47. The minimum absolute atomic E-state index is 0.294. The summed E-state index contributed by atoms with van der Waals surface area (Å²) in [7, 11) is 0. The molecule has 1 heterocycles. The van der Waals surface area contributed by atoms with Crippen LogP contribution >= 0.6 is 0 Å². The molecule has 0 unspecified atom stereocenters. The molecule has 0 bridgehead atoms. The van der Waals surface area contributed by atoms with Crippen molar-refractivity contribution in [3.63, 3.8) is 0 Å². The number of carbonyl (C=O) groups excluding carboxylic acids is 1. The number of amides is 1. The molecule has 1 aromatic heterocycles. The second-order valence-electron chi connectivity index (χ2n) is 5.39. The molecule has 0 aliphatic carbocycles. The van der Waals surface area contributed by atoms with Gasteiger partial charge in [-0.3, -0.25) is 9.78 Å². The molecule has 2 aromatic rings. The maximum Gasteiger partial charge on any atom is 0.272 e. The summed E-state index contributed by atoms with van der Waals surface area (Å²) in [5.41, 5.74) is 3.79. The average Bonchev–Trinajstić information content (AvgIpc) is 2.63. The number of hydrogen-bond donors (Lipinski definition) is 1. The molecule has 1 N–H and O–H groups in total. The first-order valence-electron chi connectivity index (χ1n) is 8.26. The van der Waals surface area contributed by atoms with Crippen LogP contribution < -0.4 is 10.2 Å². The molecule has 24 heavy (non-hydrogen) atoms. The molecule has 0 spiro atoms. The zero-order valence-electron chi connectivity index (χ0n) is 13.9. The highest BCUT2D eigenvalue weighted by atomic mass is 16.5. The summed E-state index contributed by atoms with van der Waals surface area (Å²) in [5.74, 6) is 0.477. The average molecular weight is 325 g/mol. The van der Waals surface area contributed by atoms with Gasteiger partial charge in [-0.1, -0.05) is 38.3 Å². The number of pyridine rings is 1. The molecule has 5 heteroatoms. The largest absolute Gasteiger partial charge is 0.493 e. The van der Waals surface area contributed by atoms with E-state index in [0.717, 1.165) is 17.7 Å². The molecule has 0 saturated heterocycles. The second kappa shape index (κ2) is 10.2. The van der Waals surface area contributed by atoms with Crippen LogP contribution in [-0.4, -0.2) is 23.7 Å². The fourth-order valence-electron chi connectivity index (χ4n) is 2.15. The lowest BCUT2D eigenvalue weighted by atomic mass is 10.2. The number of carbonyl (C=O) groups is 1. The Morgan fingerprint density at radius 3 is 2.88 bits per heavy atom. The van der Waals surface area contributed by atoms with Gasteiger partial charge in [0.15, 0.2) is 0 Å². The third kappa shape index (κ3) is 5.83. The number of rotatable bonds is 9. The third-order valence-electron chi connectivity index (χ3n) is 3.47. The van der Waals surface area contributed by atoms with Crippen LogP contribution in [0.2, 0.25) is 0 Å². The molecule has 126 valence electrons. The Morgan fingerprint density at radius 2 is 2.08 bits per heavy atom. The van der Waals surface area contributed by atoms with Crippen molar-refractivity contribution in [2.75, 3.05) is 6.61 Å². The summed E-state index contributed by atoms with van der Waals surface area (Å²) in [6.45, 7) is 2.87. The summed E-state index contributed by atoms with van der Waals surface area (Å²) < 4.78 is 5.81. The number of hydrogen-bond acceptors (Lipinski definition) is 4. The molecule has 5 nitrogen and oxygen atoms in total. The van der Waals surface area contributed by atoms with Gasteiger partial charge in [-0.05, 0) is 30.7 Å². The number of ether oxygens (including phenoxy) is 1. The molecule has 0 radical (unpaired) electrons. The van der Waals surface area contributed by atoms with E-state index in [4.69, 9.17) is 4.74 Å². The van der Waals surface area contributed by atoms with Gasteiger partial charge in [-0.15, -0.1) is 0 Å². The highest BCUT2D eigenvalue weighted by Crippen LogP contribution is 2.16. The van der Waals surface area contributed by atoms with Crippen molar-refractivity contribution in [1.29, 1.82) is 0 Å². The summed E-state index contributed by atoms with van der Waals surface area (Å²) in [6.07, 6.45) is 9.36. The van der Waals surface area contributed by atoms with Gasteiger partial charge in [0.05, 0.1) is 18.4 Å². The van der Waals surface area contributed by atoms with Crippen molar-refractivity contribution >= 4 is 12.1 Å². The molecule has 0 aliphatic rings. The Morgan fingerprint density at radius 1 is 1.21 bits per heavy atom. The SMILES string of the molecule is CCCCCCOc1ccccc1C=NNC(=O)c1cccnc1. The Bertz CT molecular complexity index is 657. The quantitative estimate of drug-likeness (QED) is 0.433. The zero-order chi connectivity index (χ0) is 17.0. The lowest BCUT2D eigenvalue weighted by molar-refractivity contribution is 0.0954. The number of para-hydroxylation sites is 1. The van der Waals surface area contributed by atoms with Gasteiger partial charge in [-0.2, -0.15) is 5.10 Å². The summed E-state index contributed by atoms with van der Waals surface area (Å²) in [5, 5.41) is 4.00. The van der Waals surface area contributed by atoms with E-state index in [0.29, 0.717) is 12.2 Å². The second-order valence-corrected chi connectivity index (χ2v) is 5.39. The van der Waals surface area contributed by atoms with Crippen LogP contribution in [0.5, 0.6) is 5.75 Å². The highest BCUT2D eigenvalue weighted by molar-refractivity contribution is 5.94. The number of nitrogens with zero attached hydrogens (tertiary/aromatic N) is 2. The van der Waals surface area contributed by atoms with Gasteiger partial charge in [0.25, 0.3) is 5.91 Å². The van der Waals surface area contributed by atoms with Crippen molar-refractivity contribution in [2.24, 2.45) is 5.10 Å². The van der Waals surface area contributed by atoms with E-state index >= 15 is 0 Å². The topological polar surface area (TPSA) is 63.6 Å². The molecule has 0 saturated carbocycles. The van der Waals surface area contributed by atoms with Gasteiger partial charge in [0.1, 0.15) is 5.75 Å².